The van der Waals surface area contributed by atoms with E-state index in [9.17, 15) is 13.2 Å². The van der Waals surface area contributed by atoms with E-state index in [1.54, 1.807) is 12.3 Å². The molecule has 12 nitrogen and oxygen atoms in total. The van der Waals surface area contributed by atoms with Gasteiger partial charge in [-0.2, -0.15) is 9.29 Å². The van der Waals surface area contributed by atoms with Gasteiger partial charge in [-0.25, -0.2) is 23.2 Å². The third-order valence-corrected chi connectivity index (χ3v) is 7.84. The number of likely N-dealkylation sites (N-methyl/N-ethyl adjacent to an activating group) is 1. The lowest BCUT2D eigenvalue weighted by molar-refractivity contribution is 0.214. The fraction of sp³-hybridized carbons (Fsp3) is 0.360. The van der Waals surface area contributed by atoms with Crippen LogP contribution in [0.15, 0.2) is 36.5 Å². The summed E-state index contributed by atoms with van der Waals surface area (Å²) in [6.07, 6.45) is 8.42. The topological polar surface area (TPSA) is 136 Å². The van der Waals surface area contributed by atoms with E-state index in [1.165, 1.54) is 9.99 Å². The van der Waals surface area contributed by atoms with Crippen molar-refractivity contribution < 1.29 is 13.2 Å². The quantitative estimate of drug-likeness (QED) is 0.399. The van der Waals surface area contributed by atoms with Crippen molar-refractivity contribution in [3.8, 4) is 12.3 Å². The Morgan fingerprint density at radius 2 is 1.82 bits per heavy atom. The highest BCUT2D eigenvalue weighted by molar-refractivity contribution is 7.88. The molecule has 4 heterocycles. The number of carbonyl (C=O) groups is 1. The van der Waals surface area contributed by atoms with Crippen LogP contribution in [0.4, 0.5) is 27.9 Å². The molecule has 13 heteroatoms. The summed E-state index contributed by atoms with van der Waals surface area (Å²) in [5, 5.41) is 9.16. The molecule has 3 N–H and O–H groups in total. The Hall–Kier alpha value is -3.99. The number of sulfonamides is 1. The number of amides is 2. The highest BCUT2D eigenvalue weighted by atomic mass is 32.2. The first-order chi connectivity index (χ1) is 18.2. The molecule has 2 amide bonds. The molecule has 0 bridgehead atoms. The van der Waals surface area contributed by atoms with E-state index in [-0.39, 0.29) is 24.9 Å². The molecule has 2 aliphatic heterocycles. The van der Waals surface area contributed by atoms with Gasteiger partial charge in [-0.05, 0) is 37.4 Å². The molecule has 3 aromatic rings. The maximum Gasteiger partial charge on any atom is 0.320 e. The summed E-state index contributed by atoms with van der Waals surface area (Å²) in [5.41, 5.74) is 2.81. The minimum atomic E-state index is -3.26. The average molecular weight is 536 g/mol. The summed E-state index contributed by atoms with van der Waals surface area (Å²) in [6, 6.07) is 8.88. The second-order valence-corrected chi connectivity index (χ2v) is 11.5. The van der Waals surface area contributed by atoms with E-state index in [0.29, 0.717) is 22.5 Å². The molecule has 2 saturated heterocycles. The smallest absolute Gasteiger partial charge is 0.320 e. The van der Waals surface area contributed by atoms with Crippen molar-refractivity contribution in [3.63, 3.8) is 0 Å². The van der Waals surface area contributed by atoms with Gasteiger partial charge in [-0.3, -0.25) is 5.32 Å². The number of rotatable bonds is 6. The minimum absolute atomic E-state index is 0.225. The molecule has 0 radical (unpaired) electrons. The van der Waals surface area contributed by atoms with E-state index in [0.717, 1.165) is 38.1 Å². The number of anilines is 4. The SMILES string of the molecule is C#Cc1cc(NC(=O)NC2CN(S(C)(=O)=O)C2)nc2nc(Nc3ccc(N4CCN(C)CC4)cc3)ncc12. The molecule has 2 fully saturated rings. The molecule has 198 valence electrons. The number of nitrogens with zero attached hydrogens (tertiary/aromatic N) is 6. The van der Waals surface area contributed by atoms with Crippen LogP contribution < -0.4 is 20.9 Å². The highest BCUT2D eigenvalue weighted by Gasteiger charge is 2.34. The van der Waals surface area contributed by atoms with Gasteiger partial charge in [-0.15, -0.1) is 6.42 Å². The lowest BCUT2D eigenvalue weighted by atomic mass is 10.2. The number of urea groups is 1. The first-order valence-corrected chi connectivity index (χ1v) is 14.0. The zero-order chi connectivity index (χ0) is 26.9. The zero-order valence-corrected chi connectivity index (χ0v) is 22.0. The second kappa shape index (κ2) is 10.4. The third-order valence-electron chi connectivity index (χ3n) is 6.61. The third kappa shape index (κ3) is 5.77. The number of benzene rings is 1. The number of aromatic nitrogens is 3. The summed E-state index contributed by atoms with van der Waals surface area (Å²) in [6.45, 7) is 4.52. The second-order valence-electron chi connectivity index (χ2n) is 9.47. The Kier molecular flexibility index (Phi) is 7.02. The fourth-order valence-electron chi connectivity index (χ4n) is 4.34. The molecular formula is C25H29N9O3S. The van der Waals surface area contributed by atoms with Gasteiger partial charge < -0.3 is 20.4 Å². The molecule has 0 spiro atoms. The van der Waals surface area contributed by atoms with Gasteiger partial charge in [-0.1, -0.05) is 5.92 Å². The first kappa shape index (κ1) is 25.7. The van der Waals surface area contributed by atoms with Crippen molar-refractivity contribution >= 4 is 50.2 Å². The molecule has 0 unspecified atom stereocenters. The van der Waals surface area contributed by atoms with Crippen LogP contribution in [0.2, 0.25) is 0 Å². The van der Waals surface area contributed by atoms with Crippen molar-refractivity contribution in [1.82, 2.24) is 29.5 Å². The van der Waals surface area contributed by atoms with Crippen LogP contribution in [0.1, 0.15) is 5.56 Å². The lowest BCUT2D eigenvalue weighted by Gasteiger charge is -2.37. The summed E-state index contributed by atoms with van der Waals surface area (Å²) >= 11 is 0. The maximum atomic E-state index is 12.4. The Labute approximate surface area is 221 Å². The average Bonchev–Trinajstić information content (AvgIpc) is 2.85. The molecule has 2 aromatic heterocycles. The van der Waals surface area contributed by atoms with Gasteiger partial charge in [0.2, 0.25) is 16.0 Å². The van der Waals surface area contributed by atoms with Crippen LogP contribution >= 0.6 is 0 Å². The number of hydrogen-bond donors (Lipinski definition) is 3. The van der Waals surface area contributed by atoms with Crippen molar-refractivity contribution in [2.75, 3.05) is 68.1 Å². The predicted molar refractivity (Wildman–Crippen MR) is 147 cm³/mol. The van der Waals surface area contributed by atoms with Gasteiger partial charge in [0, 0.05) is 62.4 Å². The number of piperazine rings is 1. The van der Waals surface area contributed by atoms with E-state index in [2.05, 4.69) is 65.8 Å². The minimum Gasteiger partial charge on any atom is -0.369 e. The molecule has 0 saturated carbocycles. The zero-order valence-electron chi connectivity index (χ0n) is 21.2. The number of pyridine rings is 1. The van der Waals surface area contributed by atoms with E-state index < -0.39 is 16.1 Å². The largest absolute Gasteiger partial charge is 0.369 e. The van der Waals surface area contributed by atoms with Crippen molar-refractivity contribution in [3.05, 3.63) is 42.1 Å². The molecule has 0 aliphatic carbocycles. The Morgan fingerprint density at radius 3 is 2.47 bits per heavy atom. The van der Waals surface area contributed by atoms with Gasteiger partial charge >= 0.3 is 6.03 Å². The monoisotopic (exact) mass is 535 g/mol. The Morgan fingerprint density at radius 1 is 1.11 bits per heavy atom. The van der Waals surface area contributed by atoms with Crippen LogP contribution in [-0.2, 0) is 10.0 Å². The molecular weight excluding hydrogens is 506 g/mol. The number of terminal acetylenes is 1. The molecule has 0 atom stereocenters. The van der Waals surface area contributed by atoms with Gasteiger partial charge in [0.05, 0.1) is 17.7 Å². The van der Waals surface area contributed by atoms with E-state index in [1.807, 2.05) is 12.1 Å². The van der Waals surface area contributed by atoms with E-state index in [4.69, 9.17) is 6.42 Å². The maximum absolute atomic E-state index is 12.4. The lowest BCUT2D eigenvalue weighted by Crippen LogP contribution is -2.61. The van der Waals surface area contributed by atoms with Gasteiger partial charge in [0.15, 0.2) is 5.65 Å². The van der Waals surface area contributed by atoms with Crippen molar-refractivity contribution in [2.24, 2.45) is 0 Å². The van der Waals surface area contributed by atoms with Crippen LogP contribution in [-0.4, -0.2) is 97.2 Å². The first-order valence-electron chi connectivity index (χ1n) is 12.2. The normalized spacial score (nSPS) is 17.0. The van der Waals surface area contributed by atoms with Crippen LogP contribution in [0.3, 0.4) is 0 Å². The molecule has 38 heavy (non-hydrogen) atoms. The van der Waals surface area contributed by atoms with Crippen LogP contribution in [0.25, 0.3) is 11.0 Å². The Bertz CT molecular complexity index is 1490. The highest BCUT2D eigenvalue weighted by Crippen LogP contribution is 2.23. The summed E-state index contributed by atoms with van der Waals surface area (Å²) in [4.78, 5) is 30.4. The standard InChI is InChI=1S/C25H29N9O3S/c1-4-17-13-22(30-25(35)28-19-15-34(16-19)38(3,36)37)29-23-21(17)14-26-24(31-23)27-18-5-7-20(8-6-18)33-11-9-32(2)10-12-33/h1,5-8,13-14,19H,9-12,15-16H2,2-3H3,(H3,26,27,28,29,30,31,35). The Balaban J connectivity index is 1.26. The molecule has 5 rings (SSSR count). The fourth-order valence-corrected chi connectivity index (χ4v) is 5.24. The summed E-state index contributed by atoms with van der Waals surface area (Å²) in [5.74, 6) is 3.16. The molecule has 1 aromatic carbocycles. The number of fused-ring (bicyclic) bond motifs is 1. The van der Waals surface area contributed by atoms with Crippen LogP contribution in [0, 0.1) is 12.3 Å². The number of carbonyl (C=O) groups excluding carboxylic acids is 1. The summed E-state index contributed by atoms with van der Waals surface area (Å²) in [7, 11) is -1.13. The van der Waals surface area contributed by atoms with Crippen molar-refractivity contribution in [1.29, 1.82) is 0 Å². The van der Waals surface area contributed by atoms with Crippen molar-refractivity contribution in [2.45, 2.75) is 6.04 Å². The number of nitrogens with one attached hydrogen (secondary N) is 3. The van der Waals surface area contributed by atoms with Gasteiger partial charge in [0.25, 0.3) is 0 Å². The predicted octanol–water partition coefficient (Wildman–Crippen LogP) is 1.27. The number of hydrogen-bond acceptors (Lipinski definition) is 9. The van der Waals surface area contributed by atoms with Gasteiger partial charge in [0.1, 0.15) is 5.82 Å². The summed E-state index contributed by atoms with van der Waals surface area (Å²) < 4.78 is 24.3. The molecule has 2 aliphatic rings. The van der Waals surface area contributed by atoms with E-state index >= 15 is 0 Å². The van der Waals surface area contributed by atoms with Crippen LogP contribution in [0.5, 0.6) is 0 Å².